The Morgan fingerprint density at radius 2 is 1.88 bits per heavy atom. The van der Waals surface area contributed by atoms with Gasteiger partial charge in [-0.05, 0) is 19.4 Å². The summed E-state index contributed by atoms with van der Waals surface area (Å²) in [6.07, 6.45) is 0.616. The minimum absolute atomic E-state index is 0.0982. The summed E-state index contributed by atoms with van der Waals surface area (Å²) in [7, 11) is 0. The first-order chi connectivity index (χ1) is 7.56. The zero-order valence-electron chi connectivity index (χ0n) is 9.14. The molecule has 1 atom stereocenters. The van der Waals surface area contributed by atoms with E-state index < -0.39 is 5.75 Å². The van der Waals surface area contributed by atoms with Gasteiger partial charge in [-0.3, -0.25) is 0 Å². The Bertz CT molecular complexity index is 354. The first-order valence-electron chi connectivity index (χ1n) is 5.13. The number of phenolic OH excluding ortho intramolecular Hbond substituents is 3. The monoisotopic (exact) mass is 227 g/mol. The summed E-state index contributed by atoms with van der Waals surface area (Å²) in [5.74, 6) is -1.16. The molecular formula is C11H17NO4. The number of hydrogen-bond donors (Lipinski definition) is 5. The van der Waals surface area contributed by atoms with Crippen LogP contribution in [0.1, 0.15) is 18.9 Å². The fourth-order valence-electron chi connectivity index (χ4n) is 1.33. The van der Waals surface area contributed by atoms with E-state index in [9.17, 15) is 10.2 Å². The molecule has 0 heterocycles. The number of phenols is 3. The van der Waals surface area contributed by atoms with Crippen molar-refractivity contribution in [3.8, 4) is 17.2 Å². The molecule has 0 amide bonds. The Morgan fingerprint density at radius 3 is 2.50 bits per heavy atom. The molecule has 1 aromatic carbocycles. The molecule has 5 nitrogen and oxygen atoms in total. The molecule has 16 heavy (non-hydrogen) atoms. The Hall–Kier alpha value is -1.46. The van der Waals surface area contributed by atoms with Crippen LogP contribution >= 0.6 is 0 Å². The molecule has 0 radical (unpaired) electrons. The van der Waals surface area contributed by atoms with Crippen molar-refractivity contribution in [1.82, 2.24) is 5.32 Å². The van der Waals surface area contributed by atoms with E-state index >= 15 is 0 Å². The second-order valence-electron chi connectivity index (χ2n) is 3.74. The zero-order valence-corrected chi connectivity index (χ0v) is 9.14. The molecule has 0 aliphatic rings. The van der Waals surface area contributed by atoms with Crippen molar-refractivity contribution in [2.75, 3.05) is 6.61 Å². The van der Waals surface area contributed by atoms with E-state index in [1.807, 2.05) is 6.92 Å². The van der Waals surface area contributed by atoms with Crippen molar-refractivity contribution in [3.05, 3.63) is 17.7 Å². The summed E-state index contributed by atoms with van der Waals surface area (Å²) < 4.78 is 0. The van der Waals surface area contributed by atoms with Crippen molar-refractivity contribution in [2.45, 2.75) is 25.9 Å². The van der Waals surface area contributed by atoms with Crippen LogP contribution in [0.5, 0.6) is 17.2 Å². The van der Waals surface area contributed by atoms with E-state index in [1.165, 1.54) is 12.1 Å². The molecule has 0 saturated heterocycles. The molecule has 0 bridgehead atoms. The van der Waals surface area contributed by atoms with Gasteiger partial charge in [0.15, 0.2) is 11.5 Å². The fourth-order valence-corrected chi connectivity index (χ4v) is 1.33. The standard InChI is InChI=1S/C11H17NO4/c1-7(4-5-13)12-6-8-2-3-9(14)11(16)10(8)15/h2-3,7,12-16H,4-6H2,1H3. The Balaban J connectivity index is 2.64. The van der Waals surface area contributed by atoms with Crippen LogP contribution in [-0.4, -0.2) is 33.1 Å². The van der Waals surface area contributed by atoms with Crippen LogP contribution < -0.4 is 5.32 Å². The van der Waals surface area contributed by atoms with Gasteiger partial charge in [-0.2, -0.15) is 0 Å². The quantitative estimate of drug-likeness (QED) is 0.477. The van der Waals surface area contributed by atoms with Gasteiger partial charge in [0.25, 0.3) is 0 Å². The van der Waals surface area contributed by atoms with E-state index in [0.717, 1.165) is 0 Å². The van der Waals surface area contributed by atoms with Crippen molar-refractivity contribution in [1.29, 1.82) is 0 Å². The minimum atomic E-state index is -0.505. The highest BCUT2D eigenvalue weighted by Crippen LogP contribution is 2.36. The number of aliphatic hydroxyl groups excluding tert-OH is 1. The minimum Gasteiger partial charge on any atom is -0.504 e. The molecule has 0 aliphatic carbocycles. The number of nitrogens with one attached hydrogen (secondary N) is 1. The number of aromatic hydroxyl groups is 3. The van der Waals surface area contributed by atoms with E-state index in [1.54, 1.807) is 0 Å². The molecule has 0 aromatic heterocycles. The molecule has 0 aliphatic heterocycles. The third-order valence-corrected chi connectivity index (χ3v) is 2.42. The highest BCUT2D eigenvalue weighted by Gasteiger charge is 2.11. The van der Waals surface area contributed by atoms with Crippen LogP contribution in [-0.2, 0) is 6.54 Å². The maximum Gasteiger partial charge on any atom is 0.200 e. The van der Waals surface area contributed by atoms with Crippen LogP contribution in [0.4, 0.5) is 0 Å². The molecule has 1 aromatic rings. The summed E-state index contributed by atoms with van der Waals surface area (Å²) in [5, 5.41) is 39.7. The van der Waals surface area contributed by atoms with Crippen molar-refractivity contribution >= 4 is 0 Å². The first-order valence-corrected chi connectivity index (χ1v) is 5.13. The van der Waals surface area contributed by atoms with Crippen molar-refractivity contribution in [3.63, 3.8) is 0 Å². The fraction of sp³-hybridized carbons (Fsp3) is 0.455. The van der Waals surface area contributed by atoms with Gasteiger partial charge >= 0.3 is 0 Å². The summed E-state index contributed by atoms with van der Waals surface area (Å²) in [6, 6.07) is 2.96. The smallest absolute Gasteiger partial charge is 0.200 e. The maximum atomic E-state index is 9.52. The van der Waals surface area contributed by atoms with E-state index in [2.05, 4.69) is 5.32 Å². The molecule has 5 heteroatoms. The summed E-state index contributed by atoms with van der Waals surface area (Å²) in [6.45, 7) is 2.37. The van der Waals surface area contributed by atoms with Gasteiger partial charge in [-0.25, -0.2) is 0 Å². The van der Waals surface area contributed by atoms with Crippen LogP contribution in [0, 0.1) is 0 Å². The zero-order chi connectivity index (χ0) is 12.1. The maximum absolute atomic E-state index is 9.52. The van der Waals surface area contributed by atoms with Crippen LogP contribution in [0.2, 0.25) is 0 Å². The van der Waals surface area contributed by atoms with Crippen molar-refractivity contribution in [2.24, 2.45) is 0 Å². The van der Waals surface area contributed by atoms with Gasteiger partial charge < -0.3 is 25.7 Å². The van der Waals surface area contributed by atoms with Gasteiger partial charge in [-0.15, -0.1) is 0 Å². The highest BCUT2D eigenvalue weighted by molar-refractivity contribution is 5.52. The second kappa shape index (κ2) is 5.58. The largest absolute Gasteiger partial charge is 0.504 e. The predicted molar refractivity (Wildman–Crippen MR) is 59.4 cm³/mol. The van der Waals surface area contributed by atoms with Gasteiger partial charge in [-0.1, -0.05) is 6.07 Å². The molecule has 1 unspecified atom stereocenters. The Labute approximate surface area is 94.0 Å². The van der Waals surface area contributed by atoms with Gasteiger partial charge in [0.05, 0.1) is 0 Å². The third kappa shape index (κ3) is 3.01. The number of hydrogen-bond acceptors (Lipinski definition) is 5. The summed E-state index contributed by atoms with van der Waals surface area (Å²) in [5.41, 5.74) is 0.500. The van der Waals surface area contributed by atoms with E-state index in [0.29, 0.717) is 18.5 Å². The first kappa shape index (κ1) is 12.6. The molecule has 0 spiro atoms. The average Bonchev–Trinajstić information content (AvgIpc) is 2.25. The summed E-state index contributed by atoms with van der Waals surface area (Å²) in [4.78, 5) is 0. The van der Waals surface area contributed by atoms with Gasteiger partial charge in [0, 0.05) is 24.8 Å². The highest BCUT2D eigenvalue weighted by atomic mass is 16.3. The van der Waals surface area contributed by atoms with Gasteiger partial charge in [0.2, 0.25) is 5.75 Å². The lowest BCUT2D eigenvalue weighted by Gasteiger charge is -2.13. The lowest BCUT2D eigenvalue weighted by Crippen LogP contribution is -2.26. The topological polar surface area (TPSA) is 93.0 Å². The molecule has 0 fully saturated rings. The average molecular weight is 227 g/mol. The predicted octanol–water partition coefficient (Wildman–Crippen LogP) is 0.664. The Kier molecular flexibility index (Phi) is 4.39. The lowest BCUT2D eigenvalue weighted by molar-refractivity contribution is 0.268. The summed E-state index contributed by atoms with van der Waals surface area (Å²) >= 11 is 0. The van der Waals surface area contributed by atoms with Crippen LogP contribution in [0.25, 0.3) is 0 Å². The number of aliphatic hydroxyl groups is 1. The molecular weight excluding hydrogens is 210 g/mol. The van der Waals surface area contributed by atoms with Crippen LogP contribution in [0.15, 0.2) is 12.1 Å². The number of rotatable bonds is 5. The van der Waals surface area contributed by atoms with E-state index in [4.69, 9.17) is 10.2 Å². The van der Waals surface area contributed by atoms with Crippen molar-refractivity contribution < 1.29 is 20.4 Å². The Morgan fingerprint density at radius 1 is 1.19 bits per heavy atom. The molecule has 0 saturated carbocycles. The third-order valence-electron chi connectivity index (χ3n) is 2.42. The number of benzene rings is 1. The molecule has 1 rings (SSSR count). The normalized spacial score (nSPS) is 12.6. The van der Waals surface area contributed by atoms with E-state index in [-0.39, 0.29) is 24.1 Å². The lowest BCUT2D eigenvalue weighted by atomic mass is 10.1. The van der Waals surface area contributed by atoms with Crippen LogP contribution in [0.3, 0.4) is 0 Å². The SMILES string of the molecule is CC(CCO)NCc1ccc(O)c(O)c1O. The van der Waals surface area contributed by atoms with Gasteiger partial charge in [0.1, 0.15) is 0 Å². The second-order valence-corrected chi connectivity index (χ2v) is 3.74. The molecule has 90 valence electrons. The molecule has 5 N–H and O–H groups in total.